The molecule has 2 atom stereocenters. The second-order valence-electron chi connectivity index (χ2n) is 3.40. The van der Waals surface area contributed by atoms with Gasteiger partial charge in [-0.05, 0) is 18.3 Å². The highest BCUT2D eigenvalue weighted by molar-refractivity contribution is 14.1. The van der Waals surface area contributed by atoms with Crippen LogP contribution in [0.15, 0.2) is 0 Å². The standard InChI is InChI=1S/C8H18IN/c1-6(2)8(10)4-7(3)5-9/h6-8H,4-5,10H2,1-3H3/t7-,8?/m0/s1. The van der Waals surface area contributed by atoms with Crippen LogP contribution in [0.1, 0.15) is 27.2 Å². The predicted molar refractivity (Wildman–Crippen MR) is 55.5 cm³/mol. The minimum absolute atomic E-state index is 0.393. The van der Waals surface area contributed by atoms with E-state index in [4.69, 9.17) is 5.73 Å². The molecule has 2 N–H and O–H groups in total. The van der Waals surface area contributed by atoms with Gasteiger partial charge < -0.3 is 5.73 Å². The Hall–Kier alpha value is 0.690. The second kappa shape index (κ2) is 5.35. The molecule has 10 heavy (non-hydrogen) atoms. The van der Waals surface area contributed by atoms with Gasteiger partial charge in [-0.2, -0.15) is 0 Å². The molecule has 0 rings (SSSR count). The molecule has 0 radical (unpaired) electrons. The minimum atomic E-state index is 0.393. The molecule has 0 amide bonds. The van der Waals surface area contributed by atoms with Gasteiger partial charge in [0.15, 0.2) is 0 Å². The molecular formula is C8H18IN. The van der Waals surface area contributed by atoms with Gasteiger partial charge in [0.1, 0.15) is 0 Å². The SMILES string of the molecule is CC(C)C(N)C[C@H](C)CI. The molecule has 1 nitrogen and oxygen atoms in total. The minimum Gasteiger partial charge on any atom is -0.327 e. The van der Waals surface area contributed by atoms with Crippen molar-refractivity contribution in [2.24, 2.45) is 17.6 Å². The lowest BCUT2D eigenvalue weighted by Crippen LogP contribution is -2.28. The molecule has 0 aliphatic heterocycles. The Balaban J connectivity index is 3.46. The third-order valence-electron chi connectivity index (χ3n) is 1.79. The van der Waals surface area contributed by atoms with E-state index in [-0.39, 0.29) is 0 Å². The van der Waals surface area contributed by atoms with E-state index in [1.54, 1.807) is 0 Å². The summed E-state index contributed by atoms with van der Waals surface area (Å²) in [5.41, 5.74) is 5.89. The lowest BCUT2D eigenvalue weighted by molar-refractivity contribution is 0.412. The Morgan fingerprint density at radius 3 is 2.10 bits per heavy atom. The second-order valence-corrected chi connectivity index (χ2v) is 4.28. The first-order chi connectivity index (χ1) is 4.57. The van der Waals surface area contributed by atoms with E-state index in [2.05, 4.69) is 43.4 Å². The molecule has 0 saturated heterocycles. The summed E-state index contributed by atoms with van der Waals surface area (Å²) in [4.78, 5) is 0. The summed E-state index contributed by atoms with van der Waals surface area (Å²) in [7, 11) is 0. The van der Waals surface area contributed by atoms with E-state index in [0.29, 0.717) is 12.0 Å². The Labute approximate surface area is 77.9 Å². The van der Waals surface area contributed by atoms with Gasteiger partial charge >= 0.3 is 0 Å². The third kappa shape index (κ3) is 4.50. The molecule has 2 heteroatoms. The van der Waals surface area contributed by atoms with Crippen molar-refractivity contribution in [3.05, 3.63) is 0 Å². The highest BCUT2D eigenvalue weighted by atomic mass is 127. The lowest BCUT2D eigenvalue weighted by atomic mass is 9.96. The molecule has 0 aromatic rings. The fraction of sp³-hybridized carbons (Fsp3) is 1.00. The van der Waals surface area contributed by atoms with E-state index in [1.807, 2.05) is 0 Å². The Kier molecular flexibility index (Phi) is 5.72. The maximum Gasteiger partial charge on any atom is 0.00646 e. The lowest BCUT2D eigenvalue weighted by Gasteiger charge is -2.18. The number of rotatable bonds is 4. The van der Waals surface area contributed by atoms with Gasteiger partial charge in [0.2, 0.25) is 0 Å². The maximum absolute atomic E-state index is 5.89. The molecule has 0 aliphatic rings. The smallest absolute Gasteiger partial charge is 0.00646 e. The Bertz CT molecular complexity index is 83.3. The van der Waals surface area contributed by atoms with Crippen molar-refractivity contribution < 1.29 is 0 Å². The summed E-state index contributed by atoms with van der Waals surface area (Å²) in [5, 5.41) is 0. The molecule has 0 aliphatic carbocycles. The quantitative estimate of drug-likeness (QED) is 0.606. The fourth-order valence-electron chi connectivity index (χ4n) is 0.800. The largest absolute Gasteiger partial charge is 0.327 e. The van der Waals surface area contributed by atoms with E-state index >= 15 is 0 Å². The van der Waals surface area contributed by atoms with E-state index in [9.17, 15) is 0 Å². The highest BCUT2D eigenvalue weighted by Crippen LogP contribution is 2.12. The van der Waals surface area contributed by atoms with E-state index in [1.165, 1.54) is 10.8 Å². The average molecular weight is 255 g/mol. The zero-order chi connectivity index (χ0) is 8.15. The van der Waals surface area contributed by atoms with Gasteiger partial charge in [0.25, 0.3) is 0 Å². The summed E-state index contributed by atoms with van der Waals surface area (Å²) in [6.45, 7) is 6.63. The monoisotopic (exact) mass is 255 g/mol. The van der Waals surface area contributed by atoms with Crippen LogP contribution in [0.25, 0.3) is 0 Å². The van der Waals surface area contributed by atoms with Gasteiger partial charge in [0.05, 0.1) is 0 Å². The Morgan fingerprint density at radius 2 is 1.80 bits per heavy atom. The molecule has 0 aromatic heterocycles. The van der Waals surface area contributed by atoms with Crippen LogP contribution in [0.5, 0.6) is 0 Å². The highest BCUT2D eigenvalue weighted by Gasteiger charge is 2.10. The van der Waals surface area contributed by atoms with Crippen molar-refractivity contribution in [3.63, 3.8) is 0 Å². The van der Waals surface area contributed by atoms with E-state index < -0.39 is 0 Å². The molecule has 0 aromatic carbocycles. The fourth-order valence-corrected chi connectivity index (χ4v) is 1.16. The van der Waals surface area contributed by atoms with Gasteiger partial charge in [0, 0.05) is 10.5 Å². The molecule has 0 heterocycles. The number of hydrogen-bond acceptors (Lipinski definition) is 1. The van der Waals surface area contributed by atoms with Crippen LogP contribution in [0, 0.1) is 11.8 Å². The Morgan fingerprint density at radius 1 is 1.30 bits per heavy atom. The van der Waals surface area contributed by atoms with Crippen molar-refractivity contribution in [1.29, 1.82) is 0 Å². The summed E-state index contributed by atoms with van der Waals surface area (Å²) < 4.78 is 1.22. The maximum atomic E-state index is 5.89. The van der Waals surface area contributed by atoms with Crippen molar-refractivity contribution in [3.8, 4) is 0 Å². The zero-order valence-electron chi connectivity index (χ0n) is 7.10. The number of nitrogens with two attached hydrogens (primary N) is 1. The molecular weight excluding hydrogens is 237 g/mol. The summed E-state index contributed by atoms with van der Waals surface area (Å²) in [6.07, 6.45) is 1.17. The molecule has 1 unspecified atom stereocenters. The first-order valence-electron chi connectivity index (χ1n) is 3.89. The summed E-state index contributed by atoms with van der Waals surface area (Å²) in [5.74, 6) is 1.41. The van der Waals surface area contributed by atoms with Crippen LogP contribution in [-0.4, -0.2) is 10.5 Å². The molecule has 0 fully saturated rings. The van der Waals surface area contributed by atoms with Gasteiger partial charge in [-0.3, -0.25) is 0 Å². The number of alkyl halides is 1. The zero-order valence-corrected chi connectivity index (χ0v) is 9.26. The first-order valence-corrected chi connectivity index (χ1v) is 5.42. The molecule has 62 valence electrons. The van der Waals surface area contributed by atoms with Crippen molar-refractivity contribution in [2.75, 3.05) is 4.43 Å². The first kappa shape index (κ1) is 10.7. The van der Waals surface area contributed by atoms with Gasteiger partial charge in [-0.1, -0.05) is 43.4 Å². The normalized spacial score (nSPS) is 17.4. The average Bonchev–Trinajstić information content (AvgIpc) is 1.87. The van der Waals surface area contributed by atoms with Gasteiger partial charge in [-0.15, -0.1) is 0 Å². The van der Waals surface area contributed by atoms with E-state index in [0.717, 1.165) is 5.92 Å². The van der Waals surface area contributed by atoms with Crippen molar-refractivity contribution in [1.82, 2.24) is 0 Å². The van der Waals surface area contributed by atoms with Gasteiger partial charge in [-0.25, -0.2) is 0 Å². The molecule has 0 saturated carbocycles. The predicted octanol–water partition coefficient (Wildman–Crippen LogP) is 2.43. The van der Waals surface area contributed by atoms with Crippen molar-refractivity contribution in [2.45, 2.75) is 33.2 Å². The van der Waals surface area contributed by atoms with Crippen LogP contribution >= 0.6 is 22.6 Å². The topological polar surface area (TPSA) is 26.0 Å². The third-order valence-corrected chi connectivity index (χ3v) is 3.30. The number of hydrogen-bond donors (Lipinski definition) is 1. The van der Waals surface area contributed by atoms with Crippen LogP contribution in [0.4, 0.5) is 0 Å². The van der Waals surface area contributed by atoms with Crippen LogP contribution < -0.4 is 5.73 Å². The molecule has 0 spiro atoms. The number of halogens is 1. The molecule has 0 bridgehead atoms. The summed E-state index contributed by atoms with van der Waals surface area (Å²) in [6, 6.07) is 0.393. The van der Waals surface area contributed by atoms with Crippen LogP contribution in [-0.2, 0) is 0 Å². The summed E-state index contributed by atoms with van der Waals surface area (Å²) >= 11 is 2.41. The van der Waals surface area contributed by atoms with Crippen molar-refractivity contribution >= 4 is 22.6 Å². The van der Waals surface area contributed by atoms with Crippen LogP contribution in [0.3, 0.4) is 0 Å². The van der Waals surface area contributed by atoms with Crippen LogP contribution in [0.2, 0.25) is 0 Å².